The molecule has 1 heterocycles. The van der Waals surface area contributed by atoms with Crippen LogP contribution in [0.5, 0.6) is 5.75 Å². The van der Waals surface area contributed by atoms with Crippen molar-refractivity contribution in [1.82, 2.24) is 20.9 Å². The second kappa shape index (κ2) is 18.7. The van der Waals surface area contributed by atoms with Crippen LogP contribution in [0, 0.1) is 16.0 Å². The Hall–Kier alpha value is -5.34. The summed E-state index contributed by atoms with van der Waals surface area (Å²) in [5.41, 5.74) is 5.72. The number of nitrogens with zero attached hydrogens (tertiary/aromatic N) is 2. The highest BCUT2D eigenvalue weighted by atomic mass is 19.4. The number of nitrogens with one attached hydrogen (secondary N) is 3. The second-order valence-corrected chi connectivity index (χ2v) is 10.5. The van der Waals surface area contributed by atoms with Gasteiger partial charge in [-0.2, -0.15) is 13.2 Å². The minimum atomic E-state index is -5.08. The fourth-order valence-corrected chi connectivity index (χ4v) is 3.93. The van der Waals surface area contributed by atoms with Gasteiger partial charge in [-0.05, 0) is 37.3 Å². The van der Waals surface area contributed by atoms with Crippen LogP contribution in [0.4, 0.5) is 18.9 Å². The number of amides is 4. The van der Waals surface area contributed by atoms with E-state index in [0.29, 0.717) is 19.4 Å². The van der Waals surface area contributed by atoms with Crippen LogP contribution in [-0.2, 0) is 33.6 Å². The normalized spacial score (nSPS) is 15.2. The van der Waals surface area contributed by atoms with E-state index in [2.05, 4.69) is 16.0 Å². The summed E-state index contributed by atoms with van der Waals surface area (Å²) < 4.78 is 36.7. The Labute approximate surface area is 270 Å². The van der Waals surface area contributed by atoms with Gasteiger partial charge in [-0.1, -0.05) is 13.8 Å². The minimum absolute atomic E-state index is 0.00459. The number of nitro groups is 1. The number of hydrogen-bond donors (Lipinski definition) is 6. The van der Waals surface area contributed by atoms with Crippen LogP contribution in [0.25, 0.3) is 0 Å². The van der Waals surface area contributed by atoms with E-state index in [9.17, 15) is 52.1 Å². The standard InChI is InChI=1S/C25H34N6O10.C2HF3O2/c1-14(2)22(26)25(38)30-11-3-4-18(30)24(37)27-12-19(32)29-17(9-10-20(33)34)23(36)28-13-21(35)41-16-7-5-15(6-8-16)31(39)40;3-2(4,5)1(6)7/h5-8,14,17-18,22H,3-4,9-13,26H2,1-2H3,(H,27,37)(H,28,36)(H,29,32)(H,33,34);(H,6,7)/t17-,18-,22-;/m0./s1. The number of rotatable bonds is 14. The van der Waals surface area contributed by atoms with Crippen molar-refractivity contribution in [3.8, 4) is 5.75 Å². The van der Waals surface area contributed by atoms with Gasteiger partial charge in [0, 0.05) is 25.1 Å². The zero-order valence-electron chi connectivity index (χ0n) is 25.7. The summed E-state index contributed by atoms with van der Waals surface area (Å²) >= 11 is 0. The largest absolute Gasteiger partial charge is 0.490 e. The molecule has 0 saturated carbocycles. The van der Waals surface area contributed by atoms with Crippen LogP contribution in [0.2, 0.25) is 0 Å². The van der Waals surface area contributed by atoms with Crippen molar-refractivity contribution in [2.24, 2.45) is 11.7 Å². The van der Waals surface area contributed by atoms with E-state index < -0.39 is 84.4 Å². The first kappa shape index (κ1) is 40.7. The van der Waals surface area contributed by atoms with Crippen molar-refractivity contribution in [2.45, 2.75) is 63.8 Å². The van der Waals surface area contributed by atoms with E-state index >= 15 is 0 Å². The maximum Gasteiger partial charge on any atom is 0.490 e. The number of nitrogens with two attached hydrogens (primary N) is 1. The zero-order chi connectivity index (χ0) is 36.8. The molecular formula is C27H35F3N6O12. The third kappa shape index (κ3) is 14.0. The number of alkyl halides is 3. The average Bonchev–Trinajstić information content (AvgIpc) is 3.50. The zero-order valence-corrected chi connectivity index (χ0v) is 25.7. The van der Waals surface area contributed by atoms with Crippen LogP contribution in [0.1, 0.15) is 39.5 Å². The number of carbonyl (C=O) groups is 7. The molecule has 0 spiro atoms. The van der Waals surface area contributed by atoms with E-state index in [-0.39, 0.29) is 29.7 Å². The molecule has 1 fully saturated rings. The fourth-order valence-electron chi connectivity index (χ4n) is 3.93. The highest BCUT2D eigenvalue weighted by Gasteiger charge is 2.38. The molecule has 7 N–H and O–H groups in total. The molecular weight excluding hydrogens is 657 g/mol. The van der Waals surface area contributed by atoms with E-state index in [1.807, 2.05) is 0 Å². The summed E-state index contributed by atoms with van der Waals surface area (Å²) in [4.78, 5) is 93.9. The first-order valence-electron chi connectivity index (χ1n) is 14.1. The topological polar surface area (TPSA) is 278 Å². The number of hydrogen-bond acceptors (Lipinski definition) is 11. The quantitative estimate of drug-likeness (QED) is 0.0633. The molecule has 1 saturated heterocycles. The van der Waals surface area contributed by atoms with Crippen LogP contribution < -0.4 is 26.4 Å². The van der Waals surface area contributed by atoms with Crippen molar-refractivity contribution < 1.29 is 66.6 Å². The molecule has 48 heavy (non-hydrogen) atoms. The van der Waals surface area contributed by atoms with Crippen molar-refractivity contribution in [2.75, 3.05) is 19.6 Å². The van der Waals surface area contributed by atoms with Gasteiger partial charge in [0.05, 0.1) is 17.5 Å². The second-order valence-electron chi connectivity index (χ2n) is 10.5. The Bertz CT molecular complexity index is 1360. The third-order valence-electron chi connectivity index (χ3n) is 6.49. The number of aliphatic carboxylic acids is 2. The number of halogens is 3. The van der Waals surface area contributed by atoms with Gasteiger partial charge in [-0.15, -0.1) is 0 Å². The van der Waals surface area contributed by atoms with E-state index in [1.165, 1.54) is 17.0 Å². The van der Waals surface area contributed by atoms with Gasteiger partial charge < -0.3 is 41.5 Å². The van der Waals surface area contributed by atoms with E-state index in [1.54, 1.807) is 13.8 Å². The van der Waals surface area contributed by atoms with Gasteiger partial charge in [-0.3, -0.25) is 34.1 Å². The highest BCUT2D eigenvalue weighted by Crippen LogP contribution is 2.20. The number of benzene rings is 1. The summed E-state index contributed by atoms with van der Waals surface area (Å²) in [6.07, 6.45) is -4.89. The molecule has 1 aromatic rings. The molecule has 2 rings (SSSR count). The molecule has 0 radical (unpaired) electrons. The predicted molar refractivity (Wildman–Crippen MR) is 155 cm³/mol. The Morgan fingerprint density at radius 2 is 1.65 bits per heavy atom. The lowest BCUT2D eigenvalue weighted by atomic mass is 10.0. The maximum absolute atomic E-state index is 12.7. The molecule has 4 amide bonds. The first-order chi connectivity index (χ1) is 22.2. The number of nitro benzene ring substituents is 1. The first-order valence-corrected chi connectivity index (χ1v) is 14.1. The smallest absolute Gasteiger partial charge is 0.481 e. The fraction of sp³-hybridized carbons (Fsp3) is 0.519. The molecule has 0 aromatic heterocycles. The van der Waals surface area contributed by atoms with Crippen molar-refractivity contribution in [1.29, 1.82) is 0 Å². The van der Waals surface area contributed by atoms with Crippen molar-refractivity contribution in [3.05, 3.63) is 34.4 Å². The number of ether oxygens (including phenoxy) is 1. The predicted octanol–water partition coefficient (Wildman–Crippen LogP) is -0.310. The number of carboxylic acid groups (broad SMARTS) is 2. The minimum Gasteiger partial charge on any atom is -0.481 e. The van der Waals surface area contributed by atoms with E-state index in [0.717, 1.165) is 12.1 Å². The monoisotopic (exact) mass is 692 g/mol. The Morgan fingerprint density at radius 3 is 2.15 bits per heavy atom. The molecule has 3 atom stereocenters. The van der Waals surface area contributed by atoms with Gasteiger partial charge in [0.2, 0.25) is 23.6 Å². The van der Waals surface area contributed by atoms with Crippen LogP contribution in [0.15, 0.2) is 24.3 Å². The van der Waals surface area contributed by atoms with Gasteiger partial charge in [0.1, 0.15) is 24.4 Å². The SMILES string of the molecule is CC(C)[C@H](N)C(=O)N1CCC[C@H]1C(=O)NCC(=O)N[C@@H](CCC(=O)O)C(=O)NCC(=O)Oc1ccc([N+](=O)[O-])cc1.O=C(O)C(F)(F)F. The lowest BCUT2D eigenvalue weighted by molar-refractivity contribution is -0.384. The molecule has 1 aromatic carbocycles. The molecule has 21 heteroatoms. The molecule has 18 nitrogen and oxygen atoms in total. The van der Waals surface area contributed by atoms with Crippen LogP contribution in [0.3, 0.4) is 0 Å². The summed E-state index contributed by atoms with van der Waals surface area (Å²) in [6.45, 7) is 2.74. The summed E-state index contributed by atoms with van der Waals surface area (Å²) in [6, 6.07) is 1.72. The Balaban J connectivity index is 0.00000148. The summed E-state index contributed by atoms with van der Waals surface area (Å²) in [7, 11) is 0. The molecule has 0 unspecified atom stereocenters. The maximum atomic E-state index is 12.7. The molecule has 0 aliphatic carbocycles. The summed E-state index contributed by atoms with van der Waals surface area (Å²) in [5, 5.41) is 33.8. The molecule has 1 aliphatic heterocycles. The van der Waals surface area contributed by atoms with Crippen molar-refractivity contribution >= 4 is 47.2 Å². The lowest BCUT2D eigenvalue weighted by Crippen LogP contribution is -2.54. The van der Waals surface area contributed by atoms with Gasteiger partial charge in [-0.25, -0.2) is 9.59 Å². The molecule has 266 valence electrons. The summed E-state index contributed by atoms with van der Waals surface area (Å²) in [5.74, 6) is -7.64. The molecule has 0 bridgehead atoms. The number of carbonyl (C=O) groups excluding carboxylic acids is 5. The Kier molecular flexibility index (Phi) is 15.9. The molecule has 1 aliphatic rings. The number of likely N-dealkylation sites (tertiary alicyclic amines) is 1. The lowest BCUT2D eigenvalue weighted by Gasteiger charge is -2.28. The van der Waals surface area contributed by atoms with Gasteiger partial charge in [0.15, 0.2) is 0 Å². The Morgan fingerprint density at radius 1 is 1.06 bits per heavy atom. The van der Waals surface area contributed by atoms with Crippen molar-refractivity contribution in [3.63, 3.8) is 0 Å². The number of carboxylic acids is 2. The van der Waals surface area contributed by atoms with Gasteiger partial charge in [0.25, 0.3) is 5.69 Å². The number of non-ortho nitro benzene ring substituents is 1. The third-order valence-corrected chi connectivity index (χ3v) is 6.49. The average molecular weight is 693 g/mol. The highest BCUT2D eigenvalue weighted by molar-refractivity contribution is 5.94. The number of esters is 1. The van der Waals surface area contributed by atoms with E-state index in [4.69, 9.17) is 25.5 Å². The van der Waals surface area contributed by atoms with Crippen LogP contribution >= 0.6 is 0 Å². The van der Waals surface area contributed by atoms with Crippen LogP contribution in [-0.4, -0.2) is 106 Å². The van der Waals surface area contributed by atoms with Gasteiger partial charge >= 0.3 is 24.1 Å².